The molecule has 4 heterocycles. The van der Waals surface area contributed by atoms with E-state index < -0.39 is 101 Å². The molecule has 3 N–H and O–H groups in total. The first-order valence-corrected chi connectivity index (χ1v) is 23.8. The van der Waals surface area contributed by atoms with Gasteiger partial charge in [-0.3, -0.25) is 33.9 Å². The number of methoxy groups -OCH3 is 1. The van der Waals surface area contributed by atoms with E-state index in [9.17, 15) is 43.2 Å². The molecule has 3 amide bonds. The minimum absolute atomic E-state index is 0. The first kappa shape index (κ1) is 70.7. The van der Waals surface area contributed by atoms with Crippen molar-refractivity contribution in [2.45, 2.75) is 177 Å². The van der Waals surface area contributed by atoms with Crippen LogP contribution in [0.3, 0.4) is 0 Å². The predicted molar refractivity (Wildman–Crippen MR) is 266 cm³/mol. The third kappa shape index (κ3) is 32.0. The number of rotatable bonds is 6. The number of amides is 3. The molecule has 0 aromatic heterocycles. The maximum atomic E-state index is 12.3. The first-order chi connectivity index (χ1) is 33.3. The highest BCUT2D eigenvalue weighted by Gasteiger charge is 2.39. The molecule has 25 heteroatoms. The van der Waals surface area contributed by atoms with E-state index in [1.165, 1.54) is 28.7 Å². The topological polar surface area (TPSA) is 308 Å². The molecule has 4 saturated heterocycles. The molecule has 0 aromatic rings. The third-order valence-electron chi connectivity index (χ3n) is 8.81. The number of nitrogens with zero attached hydrogens (tertiary/aromatic N) is 3. The number of morpholine rings is 4. The van der Waals surface area contributed by atoms with Crippen molar-refractivity contribution in [3.05, 3.63) is 0 Å². The second kappa shape index (κ2) is 32.2. The SMILES string of the molecule is C.CC(=O)OC(C)(C)C.CC(C)(C)OC(=O)CC(=O)[C@@H]1COCCN1C(=O)OC(C)(C)C.CC(C)(C)OC(=O)N1CCOC[C@H]1C(=O)O.COC(=O)[C@@H]1COCCN1C(=O)OC(C)(C)C.O=C(O)[C@@H]1COCCN1. The summed E-state index contributed by atoms with van der Waals surface area (Å²) in [7, 11) is 1.28. The number of Topliss-reactive ketones (excluding diaryl/α,β-unsaturated/α-hetero) is 1. The Bertz CT molecular complexity index is 1800. The zero-order valence-electron chi connectivity index (χ0n) is 46.0. The van der Waals surface area contributed by atoms with Crippen molar-refractivity contribution in [2.75, 3.05) is 86.1 Å². The number of carbonyl (C=O) groups is 9. The third-order valence-corrected chi connectivity index (χ3v) is 8.81. The fraction of sp³-hybridized carbons (Fsp3) is 0.816. The Morgan fingerprint density at radius 2 is 0.851 bits per heavy atom. The Labute approximate surface area is 436 Å². The molecule has 0 aliphatic carbocycles. The molecule has 4 atom stereocenters. The van der Waals surface area contributed by atoms with Crippen molar-refractivity contribution in [3.63, 3.8) is 0 Å². The standard InChI is InChI=1S/C16H27NO6.C11H19NO5.C10H17NO5.C6H12O2.C5H9NO3.CH4/c1-15(2,3)22-13(19)9-12(18)11-10-21-8-7-17(11)14(20)23-16(4,5)6;1-11(2,3)17-10(14)12-5-6-16-7-8(12)9(13)15-4;1-10(2,3)16-9(14)11-4-5-15-6-7(11)8(12)13;1-5(7)8-6(2,3)4;7-5(8)4-3-9-2-1-6-4;/h11H,7-10H2,1-6H3;8H,5-7H2,1-4H3;7H,4-6H2,1-3H3,(H,12,13);1-4H3;4,6H,1-3H2,(H,7,8);1H4/t11-;8-;7-;;4-;/m000.0./s1. The van der Waals surface area contributed by atoms with E-state index in [1.54, 1.807) is 83.1 Å². The minimum atomic E-state index is -1.08. The number of hydrogen-bond acceptors (Lipinski definition) is 20. The Balaban J connectivity index is 0. The highest BCUT2D eigenvalue weighted by molar-refractivity contribution is 6.00. The Morgan fingerprint density at radius 3 is 1.15 bits per heavy atom. The van der Waals surface area contributed by atoms with Crippen molar-refractivity contribution in [1.29, 1.82) is 0 Å². The predicted octanol–water partition coefficient (Wildman–Crippen LogP) is 4.47. The van der Waals surface area contributed by atoms with Crippen molar-refractivity contribution in [3.8, 4) is 0 Å². The number of carboxylic acid groups (broad SMARTS) is 2. The molecular weight excluding hydrogens is 981 g/mol. The monoisotopic (exact) mass is 1070 g/mol. The number of hydrogen-bond donors (Lipinski definition) is 3. The van der Waals surface area contributed by atoms with E-state index in [0.29, 0.717) is 39.5 Å². The van der Waals surface area contributed by atoms with Gasteiger partial charge in [-0.25, -0.2) is 24.0 Å². The molecule has 0 bridgehead atoms. The van der Waals surface area contributed by atoms with Gasteiger partial charge in [0.05, 0.1) is 60.0 Å². The number of carboxylic acids is 2. The normalized spacial score (nSPS) is 20.0. The Kier molecular flexibility index (Phi) is 30.7. The summed E-state index contributed by atoms with van der Waals surface area (Å²) in [6, 6.07) is -3.00. The van der Waals surface area contributed by atoms with E-state index in [2.05, 4.69) is 10.1 Å². The quantitative estimate of drug-likeness (QED) is 0.188. The Hall–Kier alpha value is -5.37. The molecule has 4 aliphatic heterocycles. The van der Waals surface area contributed by atoms with Crippen molar-refractivity contribution < 1.29 is 101 Å². The van der Waals surface area contributed by atoms with Gasteiger partial charge in [0.15, 0.2) is 17.9 Å². The lowest BCUT2D eigenvalue weighted by Gasteiger charge is -2.35. The summed E-state index contributed by atoms with van der Waals surface area (Å²) in [5.41, 5.74) is -2.86. The Morgan fingerprint density at radius 1 is 0.500 bits per heavy atom. The molecule has 4 rings (SSSR count). The lowest BCUT2D eigenvalue weighted by atomic mass is 10.1. The van der Waals surface area contributed by atoms with Crippen molar-refractivity contribution >= 4 is 53.9 Å². The molecule has 0 saturated carbocycles. The largest absolute Gasteiger partial charge is 0.480 e. The number of nitrogens with one attached hydrogen (secondary N) is 1. The maximum Gasteiger partial charge on any atom is 0.411 e. The lowest BCUT2D eigenvalue weighted by molar-refractivity contribution is -0.158. The van der Waals surface area contributed by atoms with Gasteiger partial charge in [-0.2, -0.15) is 0 Å². The molecule has 0 spiro atoms. The lowest BCUT2D eigenvalue weighted by Crippen LogP contribution is -2.54. The molecule has 74 heavy (non-hydrogen) atoms. The van der Waals surface area contributed by atoms with Gasteiger partial charge in [-0.15, -0.1) is 0 Å². The second-order valence-corrected chi connectivity index (χ2v) is 21.5. The fourth-order valence-corrected chi connectivity index (χ4v) is 6.02. The smallest absolute Gasteiger partial charge is 0.411 e. The minimum Gasteiger partial charge on any atom is -0.480 e. The van der Waals surface area contributed by atoms with Gasteiger partial charge < -0.3 is 62.9 Å². The average molecular weight is 1070 g/mol. The van der Waals surface area contributed by atoms with E-state index in [0.717, 1.165) is 0 Å². The van der Waals surface area contributed by atoms with Gasteiger partial charge in [-0.1, -0.05) is 7.43 Å². The van der Waals surface area contributed by atoms with E-state index in [4.69, 9.17) is 52.8 Å². The molecule has 0 unspecified atom stereocenters. The van der Waals surface area contributed by atoms with E-state index in [1.807, 2.05) is 20.8 Å². The molecule has 0 aromatic carbocycles. The summed E-state index contributed by atoms with van der Waals surface area (Å²) in [6.07, 6.45) is -2.10. The summed E-state index contributed by atoms with van der Waals surface area (Å²) < 4.78 is 50.6. The first-order valence-electron chi connectivity index (χ1n) is 23.8. The second-order valence-electron chi connectivity index (χ2n) is 21.5. The fourth-order valence-electron chi connectivity index (χ4n) is 6.02. The molecule has 25 nitrogen and oxygen atoms in total. The number of aliphatic carboxylic acids is 2. The number of ketones is 1. The van der Waals surface area contributed by atoms with Crippen LogP contribution in [0.4, 0.5) is 14.4 Å². The molecule has 4 fully saturated rings. The van der Waals surface area contributed by atoms with Gasteiger partial charge in [0.1, 0.15) is 46.5 Å². The van der Waals surface area contributed by atoms with Crippen LogP contribution in [0.5, 0.6) is 0 Å². The van der Waals surface area contributed by atoms with Crippen LogP contribution in [0.2, 0.25) is 0 Å². The summed E-state index contributed by atoms with van der Waals surface area (Å²) in [5.74, 6) is -3.66. The zero-order chi connectivity index (χ0) is 56.7. The highest BCUT2D eigenvalue weighted by atomic mass is 16.6. The molecule has 4 aliphatic rings. The molecule has 0 radical (unpaired) electrons. The number of esters is 3. The van der Waals surface area contributed by atoms with Gasteiger partial charge in [0.2, 0.25) is 0 Å². The van der Waals surface area contributed by atoms with Crippen molar-refractivity contribution in [1.82, 2.24) is 20.0 Å². The number of carbonyl (C=O) groups excluding carboxylic acids is 7. The van der Waals surface area contributed by atoms with Gasteiger partial charge in [0.25, 0.3) is 0 Å². The average Bonchev–Trinajstić information content (AvgIpc) is 3.24. The van der Waals surface area contributed by atoms with Gasteiger partial charge in [0, 0.05) is 33.1 Å². The summed E-state index contributed by atoms with van der Waals surface area (Å²) in [4.78, 5) is 107. The van der Waals surface area contributed by atoms with Crippen LogP contribution < -0.4 is 5.32 Å². The van der Waals surface area contributed by atoms with Crippen LogP contribution in [-0.2, 0) is 76.1 Å². The summed E-state index contributed by atoms with van der Waals surface area (Å²) in [6.45, 7) is 31.5. The van der Waals surface area contributed by atoms with E-state index >= 15 is 0 Å². The van der Waals surface area contributed by atoms with Crippen LogP contribution in [0.15, 0.2) is 0 Å². The van der Waals surface area contributed by atoms with Gasteiger partial charge >= 0.3 is 48.1 Å². The van der Waals surface area contributed by atoms with Crippen LogP contribution >= 0.6 is 0 Å². The summed E-state index contributed by atoms with van der Waals surface area (Å²) >= 11 is 0. The maximum absolute atomic E-state index is 12.3. The highest BCUT2D eigenvalue weighted by Crippen LogP contribution is 2.19. The van der Waals surface area contributed by atoms with Crippen LogP contribution in [-0.4, -0.2) is 217 Å². The van der Waals surface area contributed by atoms with Crippen molar-refractivity contribution in [2.24, 2.45) is 0 Å². The molecule has 430 valence electrons. The van der Waals surface area contributed by atoms with Crippen LogP contribution in [0.1, 0.15) is 125 Å². The molecular formula is C49H88N4O21. The number of ether oxygens (including phenoxy) is 10. The summed E-state index contributed by atoms with van der Waals surface area (Å²) in [5, 5.41) is 20.1. The van der Waals surface area contributed by atoms with Gasteiger partial charge in [-0.05, 0) is 104 Å². The zero-order valence-corrected chi connectivity index (χ0v) is 46.0. The van der Waals surface area contributed by atoms with Crippen LogP contribution in [0.25, 0.3) is 0 Å². The van der Waals surface area contributed by atoms with E-state index in [-0.39, 0.29) is 58.5 Å². The van der Waals surface area contributed by atoms with Crippen LogP contribution in [0, 0.1) is 0 Å².